The Bertz CT molecular complexity index is 253. The number of nitrogens with zero attached hydrogens (tertiary/aromatic N) is 1. The van der Waals surface area contributed by atoms with E-state index < -0.39 is 9.15 Å². The zero-order valence-corrected chi connectivity index (χ0v) is 11.8. The largest absolute Gasteiger partial charge is 0.319 e. The summed E-state index contributed by atoms with van der Waals surface area (Å²) in [4.78, 5) is 2.18. The van der Waals surface area contributed by atoms with Crippen molar-refractivity contribution in [3.8, 4) is 0 Å². The normalized spacial score (nSPS) is 12.2. The summed E-state index contributed by atoms with van der Waals surface area (Å²) in [5.41, 5.74) is 0. The Morgan fingerprint density at radius 1 is 1.00 bits per heavy atom. The van der Waals surface area contributed by atoms with Gasteiger partial charge in [-0.15, -0.1) is 0 Å². The highest BCUT2D eigenvalue weighted by molar-refractivity contribution is 8.69. The van der Waals surface area contributed by atoms with Crippen molar-refractivity contribution in [2.45, 2.75) is 38.5 Å². The lowest BCUT2D eigenvalue weighted by molar-refractivity contribution is 0.389. The molecule has 6 heteroatoms. The van der Waals surface area contributed by atoms with Crippen molar-refractivity contribution < 1.29 is 13.0 Å². The van der Waals surface area contributed by atoms with Crippen LogP contribution in [0.2, 0.25) is 0 Å². The Labute approximate surface area is 103 Å². The van der Waals surface area contributed by atoms with Gasteiger partial charge in [0.2, 0.25) is 0 Å². The van der Waals surface area contributed by atoms with Crippen LogP contribution in [-0.2, 0) is 9.15 Å². The van der Waals surface area contributed by atoms with Gasteiger partial charge in [0.1, 0.15) is 0 Å². The van der Waals surface area contributed by atoms with Gasteiger partial charge in [-0.05, 0) is 44.3 Å². The van der Waals surface area contributed by atoms with Gasteiger partial charge in [0.05, 0.1) is 0 Å². The van der Waals surface area contributed by atoms with Crippen molar-refractivity contribution >= 4 is 19.9 Å². The molecular formula is C10H23NO3S2. The van der Waals surface area contributed by atoms with E-state index in [1.54, 1.807) is 0 Å². The molecule has 0 aromatic carbocycles. The number of rotatable bonds is 10. The summed E-state index contributed by atoms with van der Waals surface area (Å²) in [6.45, 7) is 1.14. The van der Waals surface area contributed by atoms with Gasteiger partial charge in [0.25, 0.3) is 0 Å². The maximum atomic E-state index is 10.4. The molecule has 98 valence electrons. The smallest absolute Gasteiger partial charge is 0.309 e. The molecule has 0 saturated carbocycles. The Morgan fingerprint density at radius 3 is 2.00 bits per heavy atom. The molecule has 0 bridgehead atoms. The highest BCUT2D eigenvalue weighted by Gasteiger charge is 2.03. The minimum atomic E-state index is -3.82. The maximum Gasteiger partial charge on any atom is 0.319 e. The summed E-state index contributed by atoms with van der Waals surface area (Å²) in [6.07, 6.45) is 6.74. The van der Waals surface area contributed by atoms with Crippen LogP contribution in [0.3, 0.4) is 0 Å². The van der Waals surface area contributed by atoms with Gasteiger partial charge in [-0.2, -0.15) is 8.42 Å². The molecule has 0 aromatic heterocycles. The van der Waals surface area contributed by atoms with Crippen LogP contribution >= 0.6 is 10.8 Å². The first-order valence-electron chi connectivity index (χ1n) is 5.68. The fourth-order valence-corrected chi connectivity index (χ4v) is 2.92. The Hall–Kier alpha value is 0.220. The van der Waals surface area contributed by atoms with E-state index >= 15 is 0 Å². The van der Waals surface area contributed by atoms with E-state index in [4.69, 9.17) is 4.55 Å². The third-order valence-corrected chi connectivity index (χ3v) is 4.38. The highest BCUT2D eigenvalue weighted by atomic mass is 33.1. The van der Waals surface area contributed by atoms with Crippen molar-refractivity contribution in [3.63, 3.8) is 0 Å². The molecule has 0 amide bonds. The van der Waals surface area contributed by atoms with Gasteiger partial charge in [0.15, 0.2) is 0 Å². The SMILES string of the molecule is CN(C)CCCCCCCCSS(=O)(=O)O. The molecule has 0 rings (SSSR count). The van der Waals surface area contributed by atoms with Crippen molar-refractivity contribution in [1.29, 1.82) is 0 Å². The second-order valence-corrected chi connectivity index (χ2v) is 7.64. The lowest BCUT2D eigenvalue weighted by Crippen LogP contribution is -2.12. The van der Waals surface area contributed by atoms with Crippen molar-refractivity contribution in [3.05, 3.63) is 0 Å². The Morgan fingerprint density at radius 2 is 1.50 bits per heavy atom. The average molecular weight is 269 g/mol. The van der Waals surface area contributed by atoms with E-state index in [1.807, 2.05) is 0 Å². The standard InChI is InChI=1S/C10H23NO3S2/c1-11(2)9-7-5-3-4-6-8-10-15-16(12,13)14/h3-10H2,1-2H3,(H,12,13,14). The molecule has 0 fully saturated rings. The van der Waals surface area contributed by atoms with Crippen LogP contribution in [-0.4, -0.2) is 44.3 Å². The molecule has 0 heterocycles. The van der Waals surface area contributed by atoms with Gasteiger partial charge < -0.3 is 4.90 Å². The molecule has 16 heavy (non-hydrogen) atoms. The lowest BCUT2D eigenvalue weighted by atomic mass is 10.1. The molecule has 0 aromatic rings. The monoisotopic (exact) mass is 269 g/mol. The van der Waals surface area contributed by atoms with E-state index in [-0.39, 0.29) is 0 Å². The highest BCUT2D eigenvalue weighted by Crippen LogP contribution is 2.13. The van der Waals surface area contributed by atoms with E-state index in [0.29, 0.717) is 16.5 Å². The minimum absolute atomic E-state index is 0.497. The van der Waals surface area contributed by atoms with Crippen molar-refractivity contribution in [1.82, 2.24) is 4.90 Å². The predicted molar refractivity (Wildman–Crippen MR) is 70.3 cm³/mol. The van der Waals surface area contributed by atoms with Gasteiger partial charge in [0, 0.05) is 5.75 Å². The molecule has 0 aliphatic heterocycles. The van der Waals surface area contributed by atoms with E-state index in [0.717, 1.165) is 25.8 Å². The van der Waals surface area contributed by atoms with Crippen LogP contribution in [0, 0.1) is 0 Å². The lowest BCUT2D eigenvalue weighted by Gasteiger charge is -2.08. The summed E-state index contributed by atoms with van der Waals surface area (Å²) in [5, 5.41) is 0. The van der Waals surface area contributed by atoms with Crippen molar-refractivity contribution in [2.75, 3.05) is 26.4 Å². The Balaban J connectivity index is 3.10. The molecular weight excluding hydrogens is 246 g/mol. The first kappa shape index (κ1) is 16.2. The third kappa shape index (κ3) is 14.2. The van der Waals surface area contributed by atoms with Crippen LogP contribution in [0.15, 0.2) is 0 Å². The van der Waals surface area contributed by atoms with E-state index in [9.17, 15) is 8.42 Å². The zero-order valence-electron chi connectivity index (χ0n) is 10.2. The van der Waals surface area contributed by atoms with Gasteiger partial charge in [-0.3, -0.25) is 4.55 Å². The maximum absolute atomic E-state index is 10.4. The van der Waals surface area contributed by atoms with Crippen LogP contribution < -0.4 is 0 Å². The second kappa shape index (κ2) is 9.27. The molecule has 0 saturated heterocycles. The molecule has 4 nitrogen and oxygen atoms in total. The molecule has 1 N–H and O–H groups in total. The van der Waals surface area contributed by atoms with Crippen LogP contribution in [0.5, 0.6) is 0 Å². The predicted octanol–water partition coefficient (Wildman–Crippen LogP) is 2.42. The number of unbranched alkanes of at least 4 members (excludes halogenated alkanes) is 5. The molecule has 0 atom stereocenters. The summed E-state index contributed by atoms with van der Waals surface area (Å²) in [6, 6.07) is 0. The summed E-state index contributed by atoms with van der Waals surface area (Å²) in [7, 11) is 0.955. The van der Waals surface area contributed by atoms with Gasteiger partial charge in [-0.1, -0.05) is 25.7 Å². The summed E-state index contributed by atoms with van der Waals surface area (Å²) >= 11 is 0. The molecule has 0 unspecified atom stereocenters. The van der Waals surface area contributed by atoms with Crippen LogP contribution in [0.1, 0.15) is 38.5 Å². The molecule has 0 spiro atoms. The second-order valence-electron chi connectivity index (χ2n) is 4.17. The van der Waals surface area contributed by atoms with Gasteiger partial charge in [-0.25, -0.2) is 0 Å². The quantitative estimate of drug-likeness (QED) is 0.375. The van der Waals surface area contributed by atoms with Crippen LogP contribution in [0.4, 0.5) is 0 Å². The number of hydrogen-bond acceptors (Lipinski definition) is 4. The first-order chi connectivity index (χ1) is 7.42. The van der Waals surface area contributed by atoms with E-state index in [1.165, 1.54) is 19.3 Å². The van der Waals surface area contributed by atoms with Crippen LogP contribution in [0.25, 0.3) is 0 Å². The minimum Gasteiger partial charge on any atom is -0.309 e. The number of hydrogen-bond donors (Lipinski definition) is 1. The van der Waals surface area contributed by atoms with Gasteiger partial charge >= 0.3 is 9.15 Å². The first-order valence-corrected chi connectivity index (χ1v) is 8.62. The zero-order chi connectivity index (χ0) is 12.4. The van der Waals surface area contributed by atoms with E-state index in [2.05, 4.69) is 19.0 Å². The fraction of sp³-hybridized carbons (Fsp3) is 1.00. The molecule has 0 aliphatic carbocycles. The molecule has 0 radical (unpaired) electrons. The fourth-order valence-electron chi connectivity index (χ4n) is 1.40. The third-order valence-electron chi connectivity index (χ3n) is 2.23. The Kier molecular flexibility index (Phi) is 9.40. The summed E-state index contributed by atoms with van der Waals surface area (Å²) in [5.74, 6) is 0.497. The topological polar surface area (TPSA) is 57.6 Å². The average Bonchev–Trinajstić information content (AvgIpc) is 2.13. The summed E-state index contributed by atoms with van der Waals surface area (Å²) < 4.78 is 29.2. The van der Waals surface area contributed by atoms with Crippen molar-refractivity contribution in [2.24, 2.45) is 0 Å². The molecule has 0 aliphatic rings.